The van der Waals surface area contributed by atoms with E-state index in [0.29, 0.717) is 12.1 Å². The molecule has 1 unspecified atom stereocenters. The Morgan fingerprint density at radius 3 is 2.40 bits per heavy atom. The first-order valence-electron chi connectivity index (χ1n) is 14.9. The number of halogens is 1. The molecular weight excluding hydrogens is 608 g/mol. The van der Waals surface area contributed by atoms with Gasteiger partial charge in [-0.3, -0.25) is 9.78 Å². The molecule has 2 heterocycles. The van der Waals surface area contributed by atoms with Gasteiger partial charge in [-0.1, -0.05) is 60.1 Å². The summed E-state index contributed by atoms with van der Waals surface area (Å²) in [6.45, 7) is 1.57. The largest absolute Gasteiger partial charge is 0.453 e. The molecule has 234 valence electrons. The van der Waals surface area contributed by atoms with Crippen molar-refractivity contribution in [1.29, 1.82) is 0 Å². The van der Waals surface area contributed by atoms with Crippen LogP contribution in [0.1, 0.15) is 29.0 Å². The third-order valence-corrected chi connectivity index (χ3v) is 9.08. The summed E-state index contributed by atoms with van der Waals surface area (Å²) in [6, 6.07) is 28.0. The standard InChI is InChI=1S/C35H37ClN4O4S/c1-43-35(42)40-33(32(25-8-3-2-4-9-25)26-17-19-37-20-18-26)34(41)39-31-10-6-5-7-24(31)11-14-28-21-38-22-29(44-28)23-45-30-15-12-27(36)13-16-30/h2-10,12-13,15-20,28-29,32-33,38H,11,14,21-23H2,1H3,(H,39,41)(H,40,42)/t28-,29?,32+,33-/m1/s1. The second-order valence-corrected chi connectivity index (χ2v) is 12.3. The summed E-state index contributed by atoms with van der Waals surface area (Å²) in [7, 11) is 1.28. The molecule has 0 aliphatic carbocycles. The monoisotopic (exact) mass is 644 g/mol. The van der Waals surface area contributed by atoms with Crippen LogP contribution in [-0.2, 0) is 20.7 Å². The van der Waals surface area contributed by atoms with Crippen molar-refractivity contribution in [3.63, 3.8) is 0 Å². The number of hydrogen-bond acceptors (Lipinski definition) is 7. The Kier molecular flexibility index (Phi) is 11.9. The minimum atomic E-state index is -0.958. The van der Waals surface area contributed by atoms with Gasteiger partial charge in [0.05, 0.1) is 19.3 Å². The third-order valence-electron chi connectivity index (χ3n) is 7.69. The Hall–Kier alpha value is -3.89. The van der Waals surface area contributed by atoms with Crippen LogP contribution in [0.15, 0.2) is 108 Å². The zero-order chi connectivity index (χ0) is 31.4. The molecule has 1 aliphatic rings. The van der Waals surface area contributed by atoms with Gasteiger partial charge in [0.15, 0.2) is 0 Å². The van der Waals surface area contributed by atoms with E-state index < -0.39 is 18.1 Å². The molecular formula is C35H37ClN4O4S. The lowest BCUT2D eigenvalue weighted by Gasteiger charge is -2.31. The molecule has 5 rings (SSSR count). The zero-order valence-corrected chi connectivity index (χ0v) is 26.6. The van der Waals surface area contributed by atoms with Crippen LogP contribution in [0.25, 0.3) is 0 Å². The van der Waals surface area contributed by atoms with Crippen LogP contribution in [0.4, 0.5) is 10.5 Å². The lowest BCUT2D eigenvalue weighted by atomic mass is 9.85. The summed E-state index contributed by atoms with van der Waals surface area (Å²) < 4.78 is 11.4. The quantitative estimate of drug-likeness (QED) is 0.155. The molecule has 1 saturated heterocycles. The topological polar surface area (TPSA) is 102 Å². The molecule has 10 heteroatoms. The summed E-state index contributed by atoms with van der Waals surface area (Å²) in [5.41, 5.74) is 3.40. The molecule has 8 nitrogen and oxygen atoms in total. The van der Waals surface area contributed by atoms with Gasteiger partial charge in [-0.25, -0.2) is 4.79 Å². The highest BCUT2D eigenvalue weighted by molar-refractivity contribution is 7.99. The van der Waals surface area contributed by atoms with Gasteiger partial charge >= 0.3 is 6.09 Å². The number of ether oxygens (including phenoxy) is 2. The number of para-hydroxylation sites is 1. The fourth-order valence-electron chi connectivity index (χ4n) is 5.44. The van der Waals surface area contributed by atoms with E-state index in [-0.39, 0.29) is 18.1 Å². The summed E-state index contributed by atoms with van der Waals surface area (Å²) in [6.07, 6.45) is 4.29. The molecule has 4 atom stereocenters. The molecule has 45 heavy (non-hydrogen) atoms. The van der Waals surface area contributed by atoms with Crippen LogP contribution in [-0.4, -0.2) is 61.2 Å². The number of benzene rings is 3. The highest BCUT2D eigenvalue weighted by Crippen LogP contribution is 2.30. The average molecular weight is 645 g/mol. The molecule has 3 aromatic carbocycles. The van der Waals surface area contributed by atoms with Crippen LogP contribution < -0.4 is 16.0 Å². The van der Waals surface area contributed by atoms with Gasteiger partial charge in [0, 0.05) is 52.8 Å². The van der Waals surface area contributed by atoms with Gasteiger partial charge in [0.2, 0.25) is 5.91 Å². The molecule has 0 spiro atoms. The fourth-order valence-corrected chi connectivity index (χ4v) is 6.47. The van der Waals surface area contributed by atoms with Gasteiger partial charge in [0.25, 0.3) is 0 Å². The molecule has 0 bridgehead atoms. The number of aromatic nitrogens is 1. The van der Waals surface area contributed by atoms with Crippen molar-refractivity contribution < 1.29 is 19.1 Å². The van der Waals surface area contributed by atoms with Crippen molar-refractivity contribution in [3.8, 4) is 0 Å². The van der Waals surface area contributed by atoms with E-state index in [9.17, 15) is 9.59 Å². The molecule has 1 aromatic heterocycles. The molecule has 2 amide bonds. The van der Waals surface area contributed by atoms with Gasteiger partial charge < -0.3 is 25.4 Å². The number of rotatable bonds is 12. The lowest BCUT2D eigenvalue weighted by Crippen LogP contribution is -2.48. The van der Waals surface area contributed by atoms with Crippen LogP contribution in [0.5, 0.6) is 0 Å². The lowest BCUT2D eigenvalue weighted by molar-refractivity contribution is -0.118. The Bertz CT molecular complexity index is 1490. The molecule has 1 fully saturated rings. The number of carbonyl (C=O) groups excluding carboxylic acids is 2. The van der Waals surface area contributed by atoms with Crippen LogP contribution >= 0.6 is 23.4 Å². The fraction of sp³-hybridized carbons (Fsp3) is 0.286. The summed E-state index contributed by atoms with van der Waals surface area (Å²) in [5.74, 6) is 0.00473. The number of nitrogens with zero attached hydrogens (tertiary/aromatic N) is 1. The van der Waals surface area contributed by atoms with E-state index in [1.165, 1.54) is 7.11 Å². The number of alkyl carbamates (subject to hydrolysis) is 1. The van der Waals surface area contributed by atoms with Crippen molar-refractivity contribution in [3.05, 3.63) is 125 Å². The highest BCUT2D eigenvalue weighted by Gasteiger charge is 2.33. The van der Waals surface area contributed by atoms with E-state index in [2.05, 4.69) is 20.9 Å². The van der Waals surface area contributed by atoms with Crippen LogP contribution in [0.2, 0.25) is 5.02 Å². The Balaban J connectivity index is 1.27. The van der Waals surface area contributed by atoms with E-state index in [1.54, 1.807) is 24.2 Å². The van der Waals surface area contributed by atoms with Crippen LogP contribution in [0.3, 0.4) is 0 Å². The first kappa shape index (κ1) is 32.5. The van der Waals surface area contributed by atoms with Gasteiger partial charge in [0.1, 0.15) is 6.04 Å². The molecule has 1 aliphatic heterocycles. The maximum Gasteiger partial charge on any atom is 0.407 e. The summed E-state index contributed by atoms with van der Waals surface area (Å²) in [4.78, 5) is 31.8. The number of morpholine rings is 1. The Morgan fingerprint density at radius 1 is 0.956 bits per heavy atom. The number of aryl methyl sites for hydroxylation is 1. The normalized spacial score (nSPS) is 17.6. The van der Waals surface area contributed by atoms with Crippen molar-refractivity contribution >= 4 is 41.1 Å². The van der Waals surface area contributed by atoms with E-state index in [4.69, 9.17) is 21.1 Å². The minimum absolute atomic E-state index is 0.0428. The number of nitrogens with one attached hydrogen (secondary N) is 3. The zero-order valence-electron chi connectivity index (χ0n) is 25.0. The number of carbonyl (C=O) groups is 2. The Labute approximate surface area is 273 Å². The number of amides is 2. The van der Waals surface area contributed by atoms with E-state index in [0.717, 1.165) is 51.9 Å². The predicted octanol–water partition coefficient (Wildman–Crippen LogP) is 6.31. The number of methoxy groups -OCH3 is 1. The maximum atomic E-state index is 14.0. The maximum absolute atomic E-state index is 14.0. The molecule has 0 saturated carbocycles. The Morgan fingerprint density at radius 2 is 1.64 bits per heavy atom. The van der Waals surface area contributed by atoms with E-state index in [1.807, 2.05) is 91.0 Å². The van der Waals surface area contributed by atoms with Crippen LogP contribution in [0, 0.1) is 0 Å². The average Bonchev–Trinajstić information content (AvgIpc) is 3.08. The van der Waals surface area contributed by atoms with Gasteiger partial charge in [-0.15, -0.1) is 11.8 Å². The van der Waals surface area contributed by atoms with Crippen molar-refractivity contribution in [2.24, 2.45) is 0 Å². The molecule has 0 radical (unpaired) electrons. The minimum Gasteiger partial charge on any atom is -0.453 e. The predicted molar refractivity (Wildman–Crippen MR) is 179 cm³/mol. The number of anilines is 1. The molecule has 3 N–H and O–H groups in total. The second-order valence-electron chi connectivity index (χ2n) is 10.8. The number of thioether (sulfide) groups is 1. The summed E-state index contributed by atoms with van der Waals surface area (Å²) >= 11 is 7.77. The molecule has 4 aromatic rings. The second kappa shape index (κ2) is 16.4. The third kappa shape index (κ3) is 9.31. The smallest absolute Gasteiger partial charge is 0.407 e. The van der Waals surface area contributed by atoms with Crippen molar-refractivity contribution in [2.75, 3.05) is 31.3 Å². The van der Waals surface area contributed by atoms with Gasteiger partial charge in [-0.05, 0) is 72.0 Å². The van der Waals surface area contributed by atoms with Gasteiger partial charge in [-0.2, -0.15) is 0 Å². The highest BCUT2D eigenvalue weighted by atomic mass is 35.5. The van der Waals surface area contributed by atoms with E-state index >= 15 is 0 Å². The SMILES string of the molecule is COC(=O)N[C@@H](C(=O)Nc1ccccc1CC[C@@H]1CNCC(CSc2ccc(Cl)cc2)O1)[C@@H](c1ccccc1)c1ccncc1. The summed E-state index contributed by atoms with van der Waals surface area (Å²) in [5, 5.41) is 10.1. The first-order valence-corrected chi connectivity index (χ1v) is 16.3. The van der Waals surface area contributed by atoms with Crippen molar-refractivity contribution in [2.45, 2.75) is 41.9 Å². The first-order chi connectivity index (χ1) is 22.0. The number of hydrogen-bond donors (Lipinski definition) is 3. The number of pyridine rings is 1. The van der Waals surface area contributed by atoms with Crippen molar-refractivity contribution in [1.82, 2.24) is 15.6 Å².